The van der Waals surface area contributed by atoms with Crippen LogP contribution in [0.1, 0.15) is 35.2 Å². The summed E-state index contributed by atoms with van der Waals surface area (Å²) in [6.45, 7) is 3.50. The molecule has 8 heteroatoms. The number of carbonyl (C=O) groups is 1. The van der Waals surface area contributed by atoms with Gasteiger partial charge in [-0.05, 0) is 48.1 Å². The summed E-state index contributed by atoms with van der Waals surface area (Å²) in [4.78, 5) is 33.9. The zero-order valence-corrected chi connectivity index (χ0v) is 19.1. The summed E-state index contributed by atoms with van der Waals surface area (Å²) in [6, 6.07) is 12.9. The van der Waals surface area contributed by atoms with Crippen molar-refractivity contribution >= 4 is 33.7 Å². The molecule has 0 aliphatic carbocycles. The lowest BCUT2D eigenvalue weighted by atomic mass is 9.94. The normalized spacial score (nSPS) is 18.8. The lowest BCUT2D eigenvalue weighted by Gasteiger charge is -2.28. The Labute approximate surface area is 198 Å². The van der Waals surface area contributed by atoms with E-state index in [9.17, 15) is 4.79 Å². The maximum atomic E-state index is 13.2. The molecule has 0 spiro atoms. The van der Waals surface area contributed by atoms with Gasteiger partial charge in [0.15, 0.2) is 11.5 Å². The number of morpholine rings is 1. The van der Waals surface area contributed by atoms with Crippen molar-refractivity contribution < 1.29 is 9.53 Å². The van der Waals surface area contributed by atoms with Crippen LogP contribution in [0.25, 0.3) is 21.9 Å². The lowest BCUT2D eigenvalue weighted by molar-refractivity contribution is 0.0304. The molecule has 6 rings (SSSR count). The highest BCUT2D eigenvalue weighted by Gasteiger charge is 2.28. The van der Waals surface area contributed by atoms with E-state index >= 15 is 0 Å². The SMILES string of the molecule is O=C(c1ccc(CC[C@H]2CCCN2c2ncnc3[nH]cnc23)c2ccccc12)N1CCOCC1. The second-order valence-electron chi connectivity index (χ2n) is 9.05. The minimum absolute atomic E-state index is 0.0970. The van der Waals surface area contributed by atoms with Crippen LogP contribution in [0.15, 0.2) is 49.1 Å². The Balaban J connectivity index is 1.25. The van der Waals surface area contributed by atoms with Crippen molar-refractivity contribution in [2.75, 3.05) is 37.7 Å². The van der Waals surface area contributed by atoms with Crippen LogP contribution in [0.4, 0.5) is 5.82 Å². The third-order valence-corrected chi connectivity index (χ3v) is 7.14. The van der Waals surface area contributed by atoms with Crippen molar-refractivity contribution in [1.82, 2.24) is 24.8 Å². The van der Waals surface area contributed by atoms with Crippen LogP contribution in [0.5, 0.6) is 0 Å². The van der Waals surface area contributed by atoms with E-state index in [1.165, 1.54) is 10.9 Å². The first-order valence-corrected chi connectivity index (χ1v) is 12.1. The molecule has 2 aromatic heterocycles. The van der Waals surface area contributed by atoms with E-state index in [0.717, 1.165) is 60.2 Å². The first-order valence-electron chi connectivity index (χ1n) is 12.1. The summed E-state index contributed by atoms with van der Waals surface area (Å²) < 4.78 is 5.42. The van der Waals surface area contributed by atoms with Gasteiger partial charge >= 0.3 is 0 Å². The maximum absolute atomic E-state index is 13.2. The van der Waals surface area contributed by atoms with E-state index in [1.54, 1.807) is 12.7 Å². The van der Waals surface area contributed by atoms with Crippen molar-refractivity contribution in [3.05, 3.63) is 60.2 Å². The van der Waals surface area contributed by atoms with Crippen LogP contribution in [-0.2, 0) is 11.2 Å². The van der Waals surface area contributed by atoms with E-state index < -0.39 is 0 Å². The van der Waals surface area contributed by atoms with Crippen molar-refractivity contribution in [1.29, 1.82) is 0 Å². The summed E-state index contributed by atoms with van der Waals surface area (Å²) in [5.41, 5.74) is 3.69. The Hall–Kier alpha value is -3.52. The summed E-state index contributed by atoms with van der Waals surface area (Å²) in [7, 11) is 0. The molecule has 0 saturated carbocycles. The van der Waals surface area contributed by atoms with Gasteiger partial charge in [-0.15, -0.1) is 0 Å². The molecule has 1 amide bonds. The number of benzene rings is 2. The van der Waals surface area contributed by atoms with Gasteiger partial charge in [0.25, 0.3) is 5.91 Å². The van der Waals surface area contributed by atoms with Gasteiger partial charge in [0.05, 0.1) is 19.5 Å². The van der Waals surface area contributed by atoms with Crippen LogP contribution in [0.3, 0.4) is 0 Å². The number of nitrogens with zero attached hydrogens (tertiary/aromatic N) is 5. The first kappa shape index (κ1) is 21.0. The molecular weight excluding hydrogens is 428 g/mol. The average Bonchev–Trinajstić information content (AvgIpc) is 3.57. The van der Waals surface area contributed by atoms with Crippen molar-refractivity contribution in [2.45, 2.75) is 31.7 Å². The molecule has 2 aliphatic heterocycles. The molecule has 2 saturated heterocycles. The molecule has 2 aromatic carbocycles. The van der Waals surface area contributed by atoms with Crippen molar-refractivity contribution in [3.63, 3.8) is 0 Å². The molecule has 0 radical (unpaired) electrons. The Morgan fingerprint density at radius 3 is 2.76 bits per heavy atom. The summed E-state index contributed by atoms with van der Waals surface area (Å²) >= 11 is 0. The molecule has 1 N–H and O–H groups in total. The standard InChI is InChI=1S/C26H28N6O2/c33-26(31-12-14-34-15-13-31)22-10-8-18(20-5-1-2-6-21(20)22)7-9-19-4-3-11-32(19)25-23-24(28-16-27-23)29-17-30-25/h1-2,5-6,8,10,16-17,19H,3-4,7,9,11-15H2,(H,27,28,29,30)/t19-/m1/s1. The second kappa shape index (κ2) is 9.02. The lowest BCUT2D eigenvalue weighted by Crippen LogP contribution is -2.40. The molecule has 4 aromatic rings. The largest absolute Gasteiger partial charge is 0.378 e. The average molecular weight is 457 g/mol. The van der Waals surface area contributed by atoms with Gasteiger partial charge in [-0.1, -0.05) is 30.3 Å². The van der Waals surface area contributed by atoms with Crippen LogP contribution in [0.2, 0.25) is 0 Å². The number of rotatable bonds is 5. The Morgan fingerprint density at radius 1 is 1.03 bits per heavy atom. The van der Waals surface area contributed by atoms with E-state index in [-0.39, 0.29) is 5.91 Å². The highest BCUT2D eigenvalue weighted by molar-refractivity contribution is 6.07. The molecule has 1 atom stereocenters. The quantitative estimate of drug-likeness (QED) is 0.494. The monoisotopic (exact) mass is 456 g/mol. The summed E-state index contributed by atoms with van der Waals surface area (Å²) in [5.74, 6) is 1.02. The zero-order chi connectivity index (χ0) is 22.9. The number of nitrogens with one attached hydrogen (secondary N) is 1. The maximum Gasteiger partial charge on any atom is 0.254 e. The number of amides is 1. The first-order chi connectivity index (χ1) is 16.8. The smallest absolute Gasteiger partial charge is 0.254 e. The van der Waals surface area contributed by atoms with Gasteiger partial charge in [-0.25, -0.2) is 15.0 Å². The third kappa shape index (κ3) is 3.77. The predicted molar refractivity (Wildman–Crippen MR) is 131 cm³/mol. The van der Waals surface area contributed by atoms with Gasteiger partial charge in [0.2, 0.25) is 0 Å². The number of imidazole rings is 1. The Bertz CT molecular complexity index is 1330. The fourth-order valence-corrected chi connectivity index (χ4v) is 5.40. The summed E-state index contributed by atoms with van der Waals surface area (Å²) in [5, 5.41) is 2.21. The number of aromatic nitrogens is 4. The van der Waals surface area contributed by atoms with E-state index in [2.05, 4.69) is 49.1 Å². The molecule has 0 bridgehead atoms. The number of hydrogen-bond donors (Lipinski definition) is 1. The molecule has 174 valence electrons. The highest BCUT2D eigenvalue weighted by Crippen LogP contribution is 2.32. The van der Waals surface area contributed by atoms with Crippen LogP contribution in [-0.4, -0.2) is 69.6 Å². The number of aryl methyl sites for hydroxylation is 1. The molecule has 2 aliphatic rings. The minimum Gasteiger partial charge on any atom is -0.378 e. The second-order valence-corrected chi connectivity index (χ2v) is 9.05. The topological polar surface area (TPSA) is 87.2 Å². The molecular formula is C26H28N6O2. The molecule has 2 fully saturated rings. The van der Waals surface area contributed by atoms with Crippen LogP contribution < -0.4 is 4.90 Å². The highest BCUT2D eigenvalue weighted by atomic mass is 16.5. The number of fused-ring (bicyclic) bond motifs is 2. The van der Waals surface area contributed by atoms with E-state index in [4.69, 9.17) is 4.74 Å². The fraction of sp³-hybridized carbons (Fsp3) is 0.385. The van der Waals surface area contributed by atoms with Crippen molar-refractivity contribution in [2.24, 2.45) is 0 Å². The van der Waals surface area contributed by atoms with Crippen LogP contribution >= 0.6 is 0 Å². The molecule has 8 nitrogen and oxygen atoms in total. The molecule has 4 heterocycles. The molecule has 34 heavy (non-hydrogen) atoms. The Morgan fingerprint density at radius 2 is 1.88 bits per heavy atom. The Kier molecular flexibility index (Phi) is 5.58. The number of hydrogen-bond acceptors (Lipinski definition) is 6. The van der Waals surface area contributed by atoms with Gasteiger partial charge in [0, 0.05) is 31.2 Å². The fourth-order valence-electron chi connectivity index (χ4n) is 5.40. The molecule has 0 unspecified atom stereocenters. The number of H-pyrrole nitrogens is 1. The zero-order valence-electron chi connectivity index (χ0n) is 19.1. The number of aromatic amines is 1. The predicted octanol–water partition coefficient (Wildman–Crippen LogP) is 3.58. The van der Waals surface area contributed by atoms with Gasteiger partial charge in [-0.2, -0.15) is 0 Å². The van der Waals surface area contributed by atoms with Gasteiger partial charge < -0.3 is 19.5 Å². The number of anilines is 1. The summed E-state index contributed by atoms with van der Waals surface area (Å²) in [6.07, 6.45) is 7.55. The van der Waals surface area contributed by atoms with Gasteiger partial charge in [-0.3, -0.25) is 4.79 Å². The number of carbonyl (C=O) groups excluding carboxylic acids is 1. The van der Waals surface area contributed by atoms with Gasteiger partial charge in [0.1, 0.15) is 11.8 Å². The van der Waals surface area contributed by atoms with E-state index in [1.807, 2.05) is 17.0 Å². The number of ether oxygens (including phenoxy) is 1. The van der Waals surface area contributed by atoms with Crippen molar-refractivity contribution in [3.8, 4) is 0 Å². The van der Waals surface area contributed by atoms with Crippen LogP contribution in [0, 0.1) is 0 Å². The van der Waals surface area contributed by atoms with E-state index in [0.29, 0.717) is 32.3 Å². The third-order valence-electron chi connectivity index (χ3n) is 7.14. The minimum atomic E-state index is 0.0970.